The van der Waals surface area contributed by atoms with Gasteiger partial charge in [-0.2, -0.15) is 0 Å². The predicted molar refractivity (Wildman–Crippen MR) is 154 cm³/mol. The number of hydrogen-bond donors (Lipinski definition) is 3. The van der Waals surface area contributed by atoms with Crippen LogP contribution in [0.5, 0.6) is 0 Å². The van der Waals surface area contributed by atoms with Gasteiger partial charge >= 0.3 is 12.1 Å². The number of alkyl carbamates (subject to hydrolysis) is 1. The Labute approximate surface area is 249 Å². The summed E-state index contributed by atoms with van der Waals surface area (Å²) < 4.78 is 35.6. The highest BCUT2D eigenvalue weighted by Crippen LogP contribution is 2.52. The smallest absolute Gasteiger partial charge is 0.407 e. The zero-order valence-electron chi connectivity index (χ0n) is 24.9. The lowest BCUT2D eigenvalue weighted by Crippen LogP contribution is -2.58. The van der Waals surface area contributed by atoms with E-state index in [2.05, 4.69) is 5.32 Å². The Kier molecular flexibility index (Phi) is 9.13. The van der Waals surface area contributed by atoms with Crippen LogP contribution >= 0.6 is 0 Å². The van der Waals surface area contributed by atoms with Gasteiger partial charge in [0.15, 0.2) is 0 Å². The topological polar surface area (TPSA) is 139 Å². The molecule has 43 heavy (non-hydrogen) atoms. The molecule has 1 aliphatic carbocycles. The molecule has 3 amide bonds. The number of hydrogen-bond acceptors (Lipinski definition) is 5. The lowest BCUT2D eigenvalue weighted by molar-refractivity contribution is -0.147. The van der Waals surface area contributed by atoms with Crippen molar-refractivity contribution in [3.8, 4) is 0 Å². The molecule has 3 atom stereocenters. The van der Waals surface area contributed by atoms with Gasteiger partial charge in [0.1, 0.15) is 22.8 Å². The first kappa shape index (κ1) is 31.9. The molecule has 0 aromatic heterocycles. The van der Waals surface area contributed by atoms with Crippen molar-refractivity contribution in [1.29, 1.82) is 0 Å². The number of likely N-dealkylation sites (tertiary alicyclic amines) is 1. The third-order valence-corrected chi connectivity index (χ3v) is 8.70. The first-order chi connectivity index (χ1) is 20.1. The molecule has 4 rings (SSSR count). The monoisotopic (exact) mass is 599 g/mol. The molecule has 11 heteroatoms. The van der Waals surface area contributed by atoms with Gasteiger partial charge in [0, 0.05) is 30.8 Å². The number of nitrogens with zero attached hydrogens (tertiary/aromatic N) is 1. The largest absolute Gasteiger partial charge is 0.478 e. The number of amides is 3. The van der Waals surface area contributed by atoms with Gasteiger partial charge in [-0.25, -0.2) is 18.4 Å². The summed E-state index contributed by atoms with van der Waals surface area (Å²) in [6.45, 7) is 7.13. The number of ether oxygens (including phenoxy) is 1. The van der Waals surface area contributed by atoms with E-state index in [0.717, 1.165) is 6.07 Å². The molecular formula is C32H39F2N3O6. The minimum atomic E-state index is -1.63. The van der Waals surface area contributed by atoms with Crippen LogP contribution in [0.1, 0.15) is 86.7 Å². The standard InChI is InChI=1S/C32H39F2N3O6/c1-31(2,3)43-30(42)36-16-18-10-12-20(13-11-18)27(38)37-17-24(22-14-21(33)15-23(26(22)34)28(39)40)25(32(37,4)29(35)41)19-8-6-5-7-9-19/h5-9,14-15,18,20,24-25H,10-13,16-17H2,1-4H3,(H2,35,41)(H,36,42)(H,39,40)/t18?,20?,24?,25-,32-/m0/s1. The third kappa shape index (κ3) is 6.65. The molecule has 0 radical (unpaired) electrons. The fraction of sp³-hybridized carbons (Fsp3) is 0.500. The molecule has 2 aromatic carbocycles. The van der Waals surface area contributed by atoms with Crippen LogP contribution in [0.4, 0.5) is 13.6 Å². The molecule has 9 nitrogen and oxygen atoms in total. The zero-order valence-corrected chi connectivity index (χ0v) is 24.9. The van der Waals surface area contributed by atoms with Crippen LogP contribution in [-0.4, -0.2) is 58.1 Å². The SMILES string of the molecule is CC(C)(C)OC(=O)NCC1CCC(C(=O)N2CC(c3cc(F)cc(C(=O)O)c3F)[C@H](c3ccccc3)[C@@]2(C)C(N)=O)CC1. The third-order valence-electron chi connectivity index (χ3n) is 8.70. The molecule has 2 fully saturated rings. The number of aromatic carboxylic acids is 1. The average Bonchev–Trinajstić information content (AvgIpc) is 3.26. The maximum Gasteiger partial charge on any atom is 0.407 e. The zero-order chi connectivity index (χ0) is 31.7. The Morgan fingerprint density at radius 1 is 1.07 bits per heavy atom. The minimum Gasteiger partial charge on any atom is -0.478 e. The molecule has 2 aliphatic rings. The second-order valence-electron chi connectivity index (χ2n) is 12.7. The van der Waals surface area contributed by atoms with Gasteiger partial charge in [-0.05, 0) is 82.6 Å². The highest BCUT2D eigenvalue weighted by Gasteiger charge is 2.58. The fourth-order valence-electron chi connectivity index (χ4n) is 6.56. The number of nitrogens with one attached hydrogen (secondary N) is 1. The molecule has 1 aliphatic heterocycles. The van der Waals surface area contributed by atoms with Gasteiger partial charge < -0.3 is 25.8 Å². The molecule has 0 bridgehead atoms. The Balaban J connectivity index is 1.62. The Bertz CT molecular complexity index is 1390. The van der Waals surface area contributed by atoms with Crippen LogP contribution in [0, 0.1) is 23.5 Å². The highest BCUT2D eigenvalue weighted by molar-refractivity contribution is 5.93. The van der Waals surface area contributed by atoms with Gasteiger partial charge in [-0.3, -0.25) is 9.59 Å². The van der Waals surface area contributed by atoms with Crippen LogP contribution in [0.2, 0.25) is 0 Å². The number of carbonyl (C=O) groups excluding carboxylic acids is 3. The summed E-state index contributed by atoms with van der Waals surface area (Å²) in [6, 6.07) is 10.2. The molecule has 1 heterocycles. The van der Waals surface area contributed by atoms with E-state index in [9.17, 15) is 28.7 Å². The Hall–Kier alpha value is -4.02. The lowest BCUT2D eigenvalue weighted by atomic mass is 9.73. The summed E-state index contributed by atoms with van der Waals surface area (Å²) in [7, 11) is 0. The molecule has 4 N–H and O–H groups in total. The van der Waals surface area contributed by atoms with Gasteiger partial charge in [0.25, 0.3) is 0 Å². The quantitative estimate of drug-likeness (QED) is 0.412. The number of carbonyl (C=O) groups is 4. The molecule has 1 saturated heterocycles. The summed E-state index contributed by atoms with van der Waals surface area (Å²) in [6.07, 6.45) is 1.80. The van der Waals surface area contributed by atoms with E-state index in [-0.39, 0.29) is 23.9 Å². The first-order valence-corrected chi connectivity index (χ1v) is 14.5. The van der Waals surface area contributed by atoms with Crippen molar-refractivity contribution in [2.45, 2.75) is 76.4 Å². The van der Waals surface area contributed by atoms with Crippen molar-refractivity contribution >= 4 is 23.9 Å². The van der Waals surface area contributed by atoms with Crippen molar-refractivity contribution in [3.63, 3.8) is 0 Å². The maximum absolute atomic E-state index is 15.6. The first-order valence-electron chi connectivity index (χ1n) is 14.5. The van der Waals surface area contributed by atoms with Crippen molar-refractivity contribution < 1.29 is 37.8 Å². The lowest BCUT2D eigenvalue weighted by Gasteiger charge is -2.40. The number of rotatable bonds is 7. The molecule has 2 aromatic rings. The van der Waals surface area contributed by atoms with E-state index in [1.807, 2.05) is 0 Å². The van der Waals surface area contributed by atoms with Gasteiger partial charge in [0.2, 0.25) is 11.8 Å². The normalized spacial score (nSPS) is 25.7. The maximum atomic E-state index is 15.6. The van der Waals surface area contributed by atoms with Crippen LogP contribution in [0.25, 0.3) is 0 Å². The number of benzene rings is 2. The number of primary amides is 1. The van der Waals surface area contributed by atoms with E-state index < -0.39 is 64.1 Å². The second kappa shape index (κ2) is 12.3. The van der Waals surface area contributed by atoms with Gasteiger partial charge in [-0.15, -0.1) is 0 Å². The van der Waals surface area contributed by atoms with Crippen molar-refractivity contribution in [2.24, 2.45) is 17.6 Å². The highest BCUT2D eigenvalue weighted by atomic mass is 19.1. The number of carboxylic acids is 1. The van der Waals surface area contributed by atoms with E-state index in [0.29, 0.717) is 43.9 Å². The Morgan fingerprint density at radius 2 is 1.70 bits per heavy atom. The minimum absolute atomic E-state index is 0.137. The predicted octanol–water partition coefficient (Wildman–Crippen LogP) is 4.95. The van der Waals surface area contributed by atoms with Crippen molar-refractivity contribution in [3.05, 3.63) is 70.8 Å². The van der Waals surface area contributed by atoms with Crippen molar-refractivity contribution in [2.75, 3.05) is 13.1 Å². The molecule has 0 spiro atoms. The summed E-state index contributed by atoms with van der Waals surface area (Å²) in [5, 5.41) is 12.3. The Morgan fingerprint density at radius 3 is 2.26 bits per heavy atom. The van der Waals surface area contributed by atoms with E-state index in [4.69, 9.17) is 10.5 Å². The molecule has 1 unspecified atom stereocenters. The van der Waals surface area contributed by atoms with Crippen LogP contribution in [-0.2, 0) is 14.3 Å². The van der Waals surface area contributed by atoms with E-state index >= 15 is 4.39 Å². The van der Waals surface area contributed by atoms with Gasteiger partial charge in [0.05, 0.1) is 5.56 Å². The average molecular weight is 600 g/mol. The van der Waals surface area contributed by atoms with Crippen LogP contribution in [0.15, 0.2) is 42.5 Å². The number of nitrogens with two attached hydrogens (primary N) is 1. The van der Waals surface area contributed by atoms with Gasteiger partial charge in [-0.1, -0.05) is 30.3 Å². The molecule has 1 saturated carbocycles. The van der Waals surface area contributed by atoms with E-state index in [1.165, 1.54) is 11.8 Å². The molecular weight excluding hydrogens is 560 g/mol. The summed E-state index contributed by atoms with van der Waals surface area (Å²) in [4.78, 5) is 52.5. The second-order valence-corrected chi connectivity index (χ2v) is 12.7. The fourth-order valence-corrected chi connectivity index (χ4v) is 6.56. The van der Waals surface area contributed by atoms with Crippen molar-refractivity contribution in [1.82, 2.24) is 10.2 Å². The number of carboxylic acid groups (broad SMARTS) is 1. The summed E-state index contributed by atoms with van der Waals surface area (Å²) >= 11 is 0. The summed E-state index contributed by atoms with van der Waals surface area (Å²) in [5.74, 6) is -6.94. The summed E-state index contributed by atoms with van der Waals surface area (Å²) in [5.41, 5.74) is 3.29. The van der Waals surface area contributed by atoms with E-state index in [1.54, 1.807) is 51.1 Å². The molecule has 232 valence electrons. The van der Waals surface area contributed by atoms with Crippen LogP contribution in [0.3, 0.4) is 0 Å². The van der Waals surface area contributed by atoms with Crippen LogP contribution < -0.4 is 11.1 Å². The number of halogens is 2.